The Kier molecular flexibility index (Phi) is 4.92. The zero-order chi connectivity index (χ0) is 18.7. The molecule has 1 aromatic carbocycles. The Morgan fingerprint density at radius 1 is 1.27 bits per heavy atom. The molecule has 0 aliphatic carbocycles. The number of carbonyl (C=O) groups is 1. The fraction of sp³-hybridized carbons (Fsp3) is 0.350. The third-order valence-electron chi connectivity index (χ3n) is 4.84. The van der Waals surface area contributed by atoms with Crippen molar-refractivity contribution >= 4 is 5.97 Å². The number of aromatic carboxylic acids is 1. The van der Waals surface area contributed by atoms with Crippen molar-refractivity contribution in [1.82, 2.24) is 4.57 Å². The van der Waals surface area contributed by atoms with Crippen LogP contribution in [-0.2, 0) is 11.3 Å². The first kappa shape index (κ1) is 17.9. The monoisotopic (exact) mass is 352 g/mol. The molecule has 1 N–H and O–H groups in total. The van der Waals surface area contributed by atoms with E-state index in [0.717, 1.165) is 5.56 Å². The number of pyridine rings is 1. The summed E-state index contributed by atoms with van der Waals surface area (Å²) in [6, 6.07) is 9.73. The summed E-state index contributed by atoms with van der Waals surface area (Å²) in [4.78, 5) is 24.2. The highest BCUT2D eigenvalue weighted by Gasteiger charge is 2.33. The summed E-state index contributed by atoms with van der Waals surface area (Å²) < 4.78 is 7.01. The summed E-state index contributed by atoms with van der Waals surface area (Å²) in [7, 11) is 0. The smallest absolute Gasteiger partial charge is 0.341 e. The van der Waals surface area contributed by atoms with Crippen LogP contribution in [0, 0.1) is 23.7 Å². The molecule has 6 nitrogen and oxygen atoms in total. The van der Waals surface area contributed by atoms with Gasteiger partial charge in [0, 0.05) is 37.7 Å². The SMILES string of the molecule is Cc1ccc(-c2cn(CC3(C#N)CCOCC3)cc(C(=O)O)c2=O)cc1. The zero-order valence-electron chi connectivity index (χ0n) is 14.6. The summed E-state index contributed by atoms with van der Waals surface area (Å²) in [6.07, 6.45) is 4.14. The van der Waals surface area contributed by atoms with Crippen molar-refractivity contribution in [2.45, 2.75) is 26.3 Å². The molecule has 6 heteroatoms. The van der Waals surface area contributed by atoms with Gasteiger partial charge in [0.25, 0.3) is 0 Å². The first-order valence-corrected chi connectivity index (χ1v) is 8.47. The van der Waals surface area contributed by atoms with Gasteiger partial charge in [-0.15, -0.1) is 0 Å². The highest BCUT2D eigenvalue weighted by molar-refractivity contribution is 5.88. The minimum atomic E-state index is -1.27. The van der Waals surface area contributed by atoms with Gasteiger partial charge in [-0.2, -0.15) is 5.26 Å². The summed E-state index contributed by atoms with van der Waals surface area (Å²) >= 11 is 0. The number of hydrogen-bond donors (Lipinski definition) is 1. The number of hydrogen-bond acceptors (Lipinski definition) is 4. The number of carboxylic acid groups (broad SMARTS) is 1. The predicted molar refractivity (Wildman–Crippen MR) is 95.9 cm³/mol. The number of nitrogens with zero attached hydrogens (tertiary/aromatic N) is 2. The molecule has 0 radical (unpaired) electrons. The Hall–Kier alpha value is -2.91. The van der Waals surface area contributed by atoms with Crippen molar-refractivity contribution in [2.24, 2.45) is 5.41 Å². The molecule has 1 fully saturated rings. The van der Waals surface area contributed by atoms with Crippen molar-refractivity contribution in [3.63, 3.8) is 0 Å². The van der Waals surface area contributed by atoms with Crippen LogP contribution in [-0.4, -0.2) is 28.9 Å². The summed E-state index contributed by atoms with van der Waals surface area (Å²) in [6.45, 7) is 3.28. The zero-order valence-corrected chi connectivity index (χ0v) is 14.6. The topological polar surface area (TPSA) is 92.3 Å². The van der Waals surface area contributed by atoms with E-state index in [0.29, 0.717) is 43.7 Å². The van der Waals surface area contributed by atoms with E-state index >= 15 is 0 Å². The molecule has 0 atom stereocenters. The molecular weight excluding hydrogens is 332 g/mol. The highest BCUT2D eigenvalue weighted by atomic mass is 16.5. The van der Waals surface area contributed by atoms with Crippen LogP contribution >= 0.6 is 0 Å². The summed E-state index contributed by atoms with van der Waals surface area (Å²) in [5.41, 5.74) is 0.613. The molecule has 2 heterocycles. The fourth-order valence-electron chi connectivity index (χ4n) is 3.23. The second-order valence-corrected chi connectivity index (χ2v) is 6.76. The Morgan fingerprint density at radius 3 is 2.50 bits per heavy atom. The number of aryl methyl sites for hydroxylation is 1. The molecule has 0 spiro atoms. The third-order valence-corrected chi connectivity index (χ3v) is 4.84. The van der Waals surface area contributed by atoms with Crippen molar-refractivity contribution < 1.29 is 14.6 Å². The maximum absolute atomic E-state index is 12.6. The Morgan fingerprint density at radius 2 is 1.92 bits per heavy atom. The lowest BCUT2D eigenvalue weighted by atomic mass is 9.81. The van der Waals surface area contributed by atoms with Crippen LogP contribution < -0.4 is 5.43 Å². The molecule has 0 bridgehead atoms. The normalized spacial score (nSPS) is 16.0. The second-order valence-electron chi connectivity index (χ2n) is 6.76. The van der Waals surface area contributed by atoms with Gasteiger partial charge in [-0.25, -0.2) is 4.79 Å². The van der Waals surface area contributed by atoms with E-state index in [1.165, 1.54) is 6.20 Å². The first-order valence-electron chi connectivity index (χ1n) is 8.47. The van der Waals surface area contributed by atoms with Crippen molar-refractivity contribution in [3.8, 4) is 17.2 Å². The van der Waals surface area contributed by atoms with E-state index in [-0.39, 0.29) is 5.56 Å². The molecule has 1 aliphatic heterocycles. The van der Waals surface area contributed by atoms with Crippen molar-refractivity contribution in [1.29, 1.82) is 5.26 Å². The van der Waals surface area contributed by atoms with Gasteiger partial charge in [0.1, 0.15) is 5.56 Å². The van der Waals surface area contributed by atoms with Gasteiger partial charge in [-0.3, -0.25) is 4.79 Å². The molecule has 134 valence electrons. The fourth-order valence-corrected chi connectivity index (χ4v) is 3.23. The van der Waals surface area contributed by atoms with Crippen molar-refractivity contribution in [2.75, 3.05) is 13.2 Å². The van der Waals surface area contributed by atoms with Crippen molar-refractivity contribution in [3.05, 3.63) is 58.0 Å². The molecule has 0 amide bonds. The quantitative estimate of drug-likeness (QED) is 0.913. The number of rotatable bonds is 4. The number of benzene rings is 1. The van der Waals surface area contributed by atoms with Crippen LogP contribution in [0.25, 0.3) is 11.1 Å². The van der Waals surface area contributed by atoms with E-state index in [2.05, 4.69) is 6.07 Å². The predicted octanol–water partition coefficient (Wildman–Crippen LogP) is 2.84. The highest BCUT2D eigenvalue weighted by Crippen LogP contribution is 2.32. The first-order chi connectivity index (χ1) is 12.4. The molecule has 1 saturated heterocycles. The lowest BCUT2D eigenvalue weighted by Gasteiger charge is -2.31. The van der Waals surface area contributed by atoms with E-state index < -0.39 is 16.8 Å². The minimum absolute atomic E-state index is 0.289. The van der Waals surface area contributed by atoms with Gasteiger partial charge < -0.3 is 14.4 Å². The number of carboxylic acids is 1. The van der Waals surface area contributed by atoms with Crippen LogP contribution in [0.1, 0.15) is 28.8 Å². The van der Waals surface area contributed by atoms with Crippen LogP contribution in [0.5, 0.6) is 0 Å². The van der Waals surface area contributed by atoms with Gasteiger partial charge in [0.2, 0.25) is 5.43 Å². The Balaban J connectivity index is 2.08. The minimum Gasteiger partial charge on any atom is -0.477 e. The molecule has 3 rings (SSSR count). The number of aromatic nitrogens is 1. The van der Waals surface area contributed by atoms with Gasteiger partial charge in [-0.1, -0.05) is 29.8 Å². The van der Waals surface area contributed by atoms with Gasteiger partial charge in [-0.05, 0) is 25.3 Å². The molecule has 1 aliphatic rings. The third kappa shape index (κ3) is 3.53. The lowest BCUT2D eigenvalue weighted by Crippen LogP contribution is -2.33. The maximum Gasteiger partial charge on any atom is 0.341 e. The molecule has 0 saturated carbocycles. The van der Waals surface area contributed by atoms with E-state index in [9.17, 15) is 20.0 Å². The summed E-state index contributed by atoms with van der Waals surface area (Å²) in [5, 5.41) is 19.1. The molecule has 1 aromatic heterocycles. The molecule has 26 heavy (non-hydrogen) atoms. The van der Waals surface area contributed by atoms with Crippen LogP contribution in [0.15, 0.2) is 41.5 Å². The molecule has 0 unspecified atom stereocenters. The van der Waals surface area contributed by atoms with Crippen LogP contribution in [0.2, 0.25) is 0 Å². The largest absolute Gasteiger partial charge is 0.477 e. The molecular formula is C20H20N2O4. The molecule has 2 aromatic rings. The van der Waals surface area contributed by atoms with Gasteiger partial charge in [0.15, 0.2) is 0 Å². The van der Waals surface area contributed by atoms with Gasteiger partial charge >= 0.3 is 5.97 Å². The number of nitriles is 1. The Labute approximate surface area is 151 Å². The average molecular weight is 352 g/mol. The van der Waals surface area contributed by atoms with Gasteiger partial charge in [0.05, 0.1) is 11.5 Å². The number of ether oxygens (including phenoxy) is 1. The van der Waals surface area contributed by atoms with E-state index in [4.69, 9.17) is 4.74 Å². The Bertz CT molecular complexity index is 916. The van der Waals surface area contributed by atoms with E-state index in [1.807, 2.05) is 19.1 Å². The maximum atomic E-state index is 12.6. The lowest BCUT2D eigenvalue weighted by molar-refractivity contribution is 0.0331. The van der Waals surface area contributed by atoms with E-state index in [1.54, 1.807) is 22.9 Å². The standard InChI is InChI=1S/C20H20N2O4/c1-14-2-4-15(5-3-14)16-10-22(11-17(18(16)23)19(24)25)13-20(12-21)6-8-26-9-7-20/h2-5,10-11H,6-9,13H2,1H3,(H,24,25). The second kappa shape index (κ2) is 7.14. The van der Waals surface area contributed by atoms with Crippen LogP contribution in [0.3, 0.4) is 0 Å². The summed E-state index contributed by atoms with van der Waals surface area (Å²) in [5.74, 6) is -1.27. The van der Waals surface area contributed by atoms with Crippen LogP contribution in [0.4, 0.5) is 0 Å². The average Bonchev–Trinajstić information content (AvgIpc) is 2.64.